The minimum absolute atomic E-state index is 0.0153. The van der Waals surface area contributed by atoms with Gasteiger partial charge in [0.1, 0.15) is 10.6 Å². The van der Waals surface area contributed by atoms with Gasteiger partial charge in [-0.1, -0.05) is 30.3 Å². The van der Waals surface area contributed by atoms with Gasteiger partial charge in [0.2, 0.25) is 5.91 Å². The molecule has 8 heteroatoms. The molecule has 6 nitrogen and oxygen atoms in total. The molecule has 1 aliphatic heterocycles. The number of carbonyl (C=O) groups excluding carboxylic acids is 1. The van der Waals surface area contributed by atoms with Crippen LogP contribution in [0.5, 0.6) is 0 Å². The van der Waals surface area contributed by atoms with E-state index in [1.54, 1.807) is 45.9 Å². The van der Waals surface area contributed by atoms with Crippen molar-refractivity contribution >= 4 is 27.5 Å². The molecular formula is C24H20FN3O3S. The second kappa shape index (κ2) is 7.87. The summed E-state index contributed by atoms with van der Waals surface area (Å²) in [7, 11) is 0. The molecule has 0 bridgehead atoms. The smallest absolute Gasteiger partial charge is 0.337 e. The van der Waals surface area contributed by atoms with Gasteiger partial charge >= 0.3 is 5.69 Å². The molecule has 3 heterocycles. The van der Waals surface area contributed by atoms with Crippen LogP contribution in [0.4, 0.5) is 4.39 Å². The molecule has 5 rings (SSSR count). The Balaban J connectivity index is 1.79. The molecule has 0 radical (unpaired) electrons. The first-order valence-electron chi connectivity index (χ1n) is 10.3. The van der Waals surface area contributed by atoms with Crippen molar-refractivity contribution in [2.45, 2.75) is 26.4 Å². The first-order valence-corrected chi connectivity index (χ1v) is 11.1. The fourth-order valence-electron chi connectivity index (χ4n) is 4.19. The lowest BCUT2D eigenvalue weighted by Gasteiger charge is -2.25. The van der Waals surface area contributed by atoms with E-state index in [-0.39, 0.29) is 23.8 Å². The Labute approximate surface area is 186 Å². The summed E-state index contributed by atoms with van der Waals surface area (Å²) in [6, 6.07) is 14.8. The number of hydrogen-bond donors (Lipinski definition) is 0. The highest BCUT2D eigenvalue weighted by Crippen LogP contribution is 2.33. The number of hydrogen-bond acceptors (Lipinski definition) is 4. The second-order valence-electron chi connectivity index (χ2n) is 7.85. The molecule has 0 unspecified atom stereocenters. The molecule has 0 saturated heterocycles. The normalized spacial score (nSPS) is 13.4. The molecule has 4 aromatic rings. The molecule has 0 aliphatic carbocycles. The van der Waals surface area contributed by atoms with Crippen LogP contribution in [0, 0.1) is 5.82 Å². The van der Waals surface area contributed by atoms with Crippen molar-refractivity contribution in [2.75, 3.05) is 6.54 Å². The van der Waals surface area contributed by atoms with Gasteiger partial charge in [0.25, 0.3) is 5.56 Å². The van der Waals surface area contributed by atoms with Crippen molar-refractivity contribution < 1.29 is 9.18 Å². The lowest BCUT2D eigenvalue weighted by Crippen LogP contribution is -2.39. The molecule has 32 heavy (non-hydrogen) atoms. The summed E-state index contributed by atoms with van der Waals surface area (Å²) in [4.78, 5) is 42.3. The predicted molar refractivity (Wildman–Crippen MR) is 122 cm³/mol. The van der Waals surface area contributed by atoms with Crippen LogP contribution >= 0.6 is 11.3 Å². The summed E-state index contributed by atoms with van der Waals surface area (Å²) < 4.78 is 16.2. The SMILES string of the molecule is CC(=O)N1CCc2c(sc3c2c(=O)n(-c2ccccc2)c(=O)n3Cc2ccc(F)cc2)C1. The summed E-state index contributed by atoms with van der Waals surface area (Å²) in [6.45, 7) is 2.71. The van der Waals surface area contributed by atoms with Gasteiger partial charge in [-0.05, 0) is 41.8 Å². The van der Waals surface area contributed by atoms with E-state index in [0.29, 0.717) is 35.4 Å². The Morgan fingerprint density at radius 2 is 1.78 bits per heavy atom. The highest BCUT2D eigenvalue weighted by molar-refractivity contribution is 7.18. The Morgan fingerprint density at radius 3 is 2.47 bits per heavy atom. The number of fused-ring (bicyclic) bond motifs is 3. The average Bonchev–Trinajstić information content (AvgIpc) is 3.17. The quantitative estimate of drug-likeness (QED) is 0.482. The van der Waals surface area contributed by atoms with E-state index in [1.165, 1.54) is 35.0 Å². The van der Waals surface area contributed by atoms with E-state index in [4.69, 9.17) is 0 Å². The van der Waals surface area contributed by atoms with Crippen LogP contribution in [0.25, 0.3) is 15.9 Å². The number of para-hydroxylation sites is 1. The fraction of sp³-hybridized carbons (Fsp3) is 0.208. The zero-order valence-corrected chi connectivity index (χ0v) is 18.2. The van der Waals surface area contributed by atoms with Crippen LogP contribution < -0.4 is 11.2 Å². The van der Waals surface area contributed by atoms with E-state index >= 15 is 0 Å². The zero-order valence-electron chi connectivity index (χ0n) is 17.4. The van der Waals surface area contributed by atoms with Crippen LogP contribution in [0.1, 0.15) is 22.9 Å². The van der Waals surface area contributed by atoms with Gasteiger partial charge in [-0.15, -0.1) is 11.3 Å². The largest absolute Gasteiger partial charge is 0.337 e. The molecule has 1 amide bonds. The Bertz CT molecular complexity index is 1450. The molecular weight excluding hydrogens is 429 g/mol. The predicted octanol–water partition coefficient (Wildman–Crippen LogP) is 3.31. The van der Waals surface area contributed by atoms with Crippen LogP contribution in [0.3, 0.4) is 0 Å². The Hall–Kier alpha value is -3.52. The van der Waals surface area contributed by atoms with Crippen molar-refractivity contribution in [1.29, 1.82) is 0 Å². The highest BCUT2D eigenvalue weighted by Gasteiger charge is 2.27. The molecule has 1 aliphatic rings. The second-order valence-corrected chi connectivity index (χ2v) is 8.93. The van der Waals surface area contributed by atoms with Gasteiger partial charge < -0.3 is 4.90 Å². The number of aromatic nitrogens is 2. The van der Waals surface area contributed by atoms with E-state index in [1.807, 2.05) is 6.07 Å². The van der Waals surface area contributed by atoms with Crippen LogP contribution in [-0.4, -0.2) is 26.5 Å². The van der Waals surface area contributed by atoms with E-state index in [2.05, 4.69) is 0 Å². The molecule has 2 aromatic heterocycles. The van der Waals surface area contributed by atoms with Crippen molar-refractivity contribution in [3.8, 4) is 5.69 Å². The van der Waals surface area contributed by atoms with Crippen molar-refractivity contribution in [3.63, 3.8) is 0 Å². The number of nitrogens with zero attached hydrogens (tertiary/aromatic N) is 3. The van der Waals surface area contributed by atoms with Crippen molar-refractivity contribution in [3.05, 3.63) is 97.3 Å². The molecule has 2 aromatic carbocycles. The maximum Gasteiger partial charge on any atom is 0.337 e. The molecule has 0 fully saturated rings. The first kappa shape index (κ1) is 20.4. The minimum Gasteiger partial charge on any atom is -0.337 e. The van der Waals surface area contributed by atoms with Crippen LogP contribution in [0.2, 0.25) is 0 Å². The number of carbonyl (C=O) groups is 1. The first-order chi connectivity index (χ1) is 15.4. The standard InChI is InChI=1S/C24H20FN3O3S/c1-15(29)26-12-11-19-20(14-26)32-23-21(19)22(30)28(18-5-3-2-4-6-18)24(31)27(23)13-16-7-9-17(25)10-8-16/h2-10H,11-14H2,1H3. The number of thiophene rings is 1. The third-order valence-corrected chi connectivity index (χ3v) is 7.08. The van der Waals surface area contributed by atoms with Crippen molar-refractivity contribution in [1.82, 2.24) is 14.0 Å². The van der Waals surface area contributed by atoms with Gasteiger partial charge in [0.05, 0.1) is 24.2 Å². The monoisotopic (exact) mass is 449 g/mol. The number of amides is 1. The highest BCUT2D eigenvalue weighted by atomic mass is 32.1. The zero-order chi connectivity index (χ0) is 22.4. The van der Waals surface area contributed by atoms with Gasteiger partial charge in [0.15, 0.2) is 0 Å². The van der Waals surface area contributed by atoms with Gasteiger partial charge in [-0.25, -0.2) is 13.8 Å². The maximum absolute atomic E-state index is 13.6. The summed E-state index contributed by atoms with van der Waals surface area (Å²) in [6.07, 6.45) is 0.563. The fourth-order valence-corrected chi connectivity index (χ4v) is 5.54. The third kappa shape index (κ3) is 3.36. The summed E-state index contributed by atoms with van der Waals surface area (Å²) >= 11 is 1.38. The summed E-state index contributed by atoms with van der Waals surface area (Å²) in [5.74, 6) is -0.366. The molecule has 0 atom stereocenters. The number of benzene rings is 2. The molecule has 0 spiro atoms. The van der Waals surface area contributed by atoms with E-state index in [9.17, 15) is 18.8 Å². The summed E-state index contributed by atoms with van der Waals surface area (Å²) in [5, 5.41) is 0.527. The molecule has 0 N–H and O–H groups in total. The topological polar surface area (TPSA) is 64.3 Å². The van der Waals surface area contributed by atoms with Crippen LogP contribution in [-0.2, 0) is 24.3 Å². The summed E-state index contributed by atoms with van der Waals surface area (Å²) in [5.41, 5.74) is 1.37. The van der Waals surface area contributed by atoms with Gasteiger partial charge in [-0.2, -0.15) is 0 Å². The third-order valence-electron chi connectivity index (χ3n) is 5.84. The lowest BCUT2D eigenvalue weighted by molar-refractivity contribution is -0.129. The van der Waals surface area contributed by atoms with E-state index < -0.39 is 5.69 Å². The maximum atomic E-state index is 13.6. The average molecular weight is 450 g/mol. The molecule has 0 saturated carbocycles. The minimum atomic E-state index is -0.444. The lowest BCUT2D eigenvalue weighted by atomic mass is 10.1. The number of rotatable bonds is 3. The number of halogens is 1. The molecule has 162 valence electrons. The van der Waals surface area contributed by atoms with Crippen LogP contribution in [0.15, 0.2) is 64.2 Å². The Kier molecular flexibility index (Phi) is 5.01. The van der Waals surface area contributed by atoms with Crippen molar-refractivity contribution in [2.24, 2.45) is 0 Å². The van der Waals surface area contributed by atoms with E-state index in [0.717, 1.165) is 16.0 Å². The van der Waals surface area contributed by atoms with Gasteiger partial charge in [0, 0.05) is 18.3 Å². The Morgan fingerprint density at radius 1 is 1.06 bits per heavy atom. The van der Waals surface area contributed by atoms with Gasteiger partial charge in [-0.3, -0.25) is 14.2 Å².